The van der Waals surface area contributed by atoms with Crippen molar-refractivity contribution in [1.82, 2.24) is 4.90 Å². The zero-order valence-corrected chi connectivity index (χ0v) is 12.9. The van der Waals surface area contributed by atoms with Crippen molar-refractivity contribution in [3.8, 4) is 0 Å². The predicted molar refractivity (Wildman–Crippen MR) is 79.0 cm³/mol. The Morgan fingerprint density at radius 1 is 1.45 bits per heavy atom. The van der Waals surface area contributed by atoms with Crippen molar-refractivity contribution in [2.45, 2.75) is 6.92 Å². The minimum atomic E-state index is -1.07. The third-order valence-corrected chi connectivity index (χ3v) is 3.10. The zero-order valence-electron chi connectivity index (χ0n) is 11.4. The number of hydrogen-bond acceptors (Lipinski definition) is 3. The average molecular weight is 345 g/mol. The van der Waals surface area contributed by atoms with Crippen LogP contribution in [0.15, 0.2) is 22.7 Å². The Morgan fingerprint density at radius 2 is 2.15 bits per heavy atom. The summed E-state index contributed by atoms with van der Waals surface area (Å²) in [5, 5.41) is 11.5. The minimum Gasteiger partial charge on any atom is -0.480 e. The molecule has 1 rings (SSSR count). The summed E-state index contributed by atoms with van der Waals surface area (Å²) in [4.78, 5) is 24.0. The van der Waals surface area contributed by atoms with Gasteiger partial charge in [-0.05, 0) is 30.7 Å². The molecule has 0 bridgehead atoms. The minimum absolute atomic E-state index is 0.213. The van der Waals surface area contributed by atoms with Crippen LogP contribution in [0, 0.1) is 6.92 Å². The summed E-state index contributed by atoms with van der Waals surface area (Å²) in [5.41, 5.74) is 1.53. The highest BCUT2D eigenvalue weighted by Crippen LogP contribution is 2.20. The number of amides is 2. The van der Waals surface area contributed by atoms with Crippen LogP contribution >= 0.6 is 15.9 Å². The Hall–Kier alpha value is -1.60. The molecule has 0 saturated carbocycles. The molecule has 0 aliphatic rings. The first-order chi connectivity index (χ1) is 9.43. The van der Waals surface area contributed by atoms with Crippen molar-refractivity contribution in [3.63, 3.8) is 0 Å². The number of rotatable bonds is 6. The maximum absolute atomic E-state index is 12.1. The van der Waals surface area contributed by atoms with Crippen molar-refractivity contribution in [2.24, 2.45) is 0 Å². The van der Waals surface area contributed by atoms with E-state index in [9.17, 15) is 9.59 Å². The van der Waals surface area contributed by atoms with E-state index in [1.165, 1.54) is 12.0 Å². The summed E-state index contributed by atoms with van der Waals surface area (Å²) in [6, 6.07) is 4.97. The SMILES string of the molecule is COCCN(CC(=O)O)C(=O)Nc1ccc(Br)cc1C. The van der Waals surface area contributed by atoms with Crippen LogP contribution in [0.5, 0.6) is 0 Å². The van der Waals surface area contributed by atoms with Crippen molar-refractivity contribution in [3.05, 3.63) is 28.2 Å². The first-order valence-electron chi connectivity index (χ1n) is 5.97. The number of aliphatic carboxylic acids is 1. The molecule has 0 saturated heterocycles. The van der Waals surface area contributed by atoms with Crippen LogP contribution < -0.4 is 5.32 Å². The Kier molecular flexibility index (Phi) is 6.47. The molecule has 0 aliphatic carbocycles. The van der Waals surface area contributed by atoms with Gasteiger partial charge in [0.05, 0.1) is 6.61 Å². The maximum atomic E-state index is 12.1. The maximum Gasteiger partial charge on any atom is 0.323 e. The zero-order chi connectivity index (χ0) is 15.1. The van der Waals surface area contributed by atoms with Gasteiger partial charge in [-0.25, -0.2) is 4.79 Å². The fraction of sp³-hybridized carbons (Fsp3) is 0.385. The summed E-state index contributed by atoms with van der Waals surface area (Å²) < 4.78 is 5.78. The molecule has 20 heavy (non-hydrogen) atoms. The number of nitrogens with zero attached hydrogens (tertiary/aromatic N) is 1. The van der Waals surface area contributed by atoms with Crippen molar-refractivity contribution >= 4 is 33.6 Å². The van der Waals surface area contributed by atoms with E-state index in [2.05, 4.69) is 21.2 Å². The largest absolute Gasteiger partial charge is 0.480 e. The number of urea groups is 1. The summed E-state index contributed by atoms with van der Waals surface area (Å²) in [6.07, 6.45) is 0. The van der Waals surface area contributed by atoms with Crippen molar-refractivity contribution < 1.29 is 19.4 Å². The molecule has 0 unspecified atom stereocenters. The lowest BCUT2D eigenvalue weighted by molar-refractivity contribution is -0.137. The third kappa shape index (κ3) is 5.18. The number of carboxylic acids is 1. The second-order valence-electron chi connectivity index (χ2n) is 4.20. The van der Waals surface area contributed by atoms with Crippen LogP contribution in [0.2, 0.25) is 0 Å². The van der Waals surface area contributed by atoms with E-state index in [4.69, 9.17) is 9.84 Å². The number of anilines is 1. The molecule has 0 radical (unpaired) electrons. The van der Waals surface area contributed by atoms with Crippen LogP contribution in [0.4, 0.5) is 10.5 Å². The van der Waals surface area contributed by atoms with Gasteiger partial charge in [-0.15, -0.1) is 0 Å². The molecule has 6 nitrogen and oxygen atoms in total. The second kappa shape index (κ2) is 7.86. The number of hydrogen-bond donors (Lipinski definition) is 2. The molecular formula is C13H17BrN2O4. The van der Waals surface area contributed by atoms with Crippen LogP contribution in [-0.4, -0.2) is 48.8 Å². The molecule has 7 heteroatoms. The highest BCUT2D eigenvalue weighted by molar-refractivity contribution is 9.10. The quantitative estimate of drug-likeness (QED) is 0.829. The standard InChI is InChI=1S/C13H17BrN2O4/c1-9-7-10(14)3-4-11(9)15-13(19)16(5-6-20-2)8-12(17)18/h3-4,7H,5-6,8H2,1-2H3,(H,15,19)(H,17,18). The molecule has 0 aliphatic heterocycles. The number of ether oxygens (including phenoxy) is 1. The van der Waals surface area contributed by atoms with Crippen LogP contribution in [-0.2, 0) is 9.53 Å². The van der Waals surface area contributed by atoms with Gasteiger partial charge in [-0.3, -0.25) is 4.79 Å². The number of methoxy groups -OCH3 is 1. The lowest BCUT2D eigenvalue weighted by Gasteiger charge is -2.21. The van der Waals surface area contributed by atoms with Crippen LogP contribution in [0.25, 0.3) is 0 Å². The van der Waals surface area contributed by atoms with Crippen molar-refractivity contribution in [2.75, 3.05) is 32.1 Å². The summed E-state index contributed by atoms with van der Waals surface area (Å²) in [6.45, 7) is 1.98. The highest BCUT2D eigenvalue weighted by Gasteiger charge is 2.17. The van der Waals surface area contributed by atoms with Gasteiger partial charge < -0.3 is 20.1 Å². The lowest BCUT2D eigenvalue weighted by Crippen LogP contribution is -2.40. The fourth-order valence-electron chi connectivity index (χ4n) is 1.58. The molecular weight excluding hydrogens is 328 g/mol. The van der Waals surface area contributed by atoms with E-state index in [0.29, 0.717) is 5.69 Å². The molecule has 1 aromatic rings. The number of nitrogens with one attached hydrogen (secondary N) is 1. The number of carboxylic acid groups (broad SMARTS) is 1. The summed E-state index contributed by atoms with van der Waals surface area (Å²) in [5.74, 6) is -1.07. The Morgan fingerprint density at radius 3 is 2.70 bits per heavy atom. The number of carbonyl (C=O) groups excluding carboxylic acids is 1. The molecule has 2 N–H and O–H groups in total. The Balaban J connectivity index is 2.76. The Bertz CT molecular complexity index is 493. The summed E-state index contributed by atoms with van der Waals surface area (Å²) in [7, 11) is 1.50. The molecule has 0 aromatic heterocycles. The molecule has 0 heterocycles. The number of aryl methyl sites for hydroxylation is 1. The van der Waals surface area contributed by atoms with Gasteiger partial charge >= 0.3 is 12.0 Å². The number of halogens is 1. The van der Waals surface area contributed by atoms with E-state index >= 15 is 0 Å². The fourth-order valence-corrected chi connectivity index (χ4v) is 2.05. The smallest absolute Gasteiger partial charge is 0.323 e. The average Bonchev–Trinajstić information content (AvgIpc) is 2.37. The molecule has 110 valence electrons. The molecule has 0 atom stereocenters. The normalized spacial score (nSPS) is 10.2. The van der Waals surface area contributed by atoms with Crippen LogP contribution in [0.1, 0.15) is 5.56 Å². The van der Waals surface area contributed by atoms with E-state index in [1.54, 1.807) is 12.1 Å². The first-order valence-corrected chi connectivity index (χ1v) is 6.76. The summed E-state index contributed by atoms with van der Waals surface area (Å²) >= 11 is 3.34. The predicted octanol–water partition coefficient (Wildman–Crippen LogP) is 2.32. The third-order valence-electron chi connectivity index (χ3n) is 2.61. The van der Waals surface area contributed by atoms with E-state index in [1.807, 2.05) is 13.0 Å². The van der Waals surface area contributed by atoms with Gasteiger partial charge in [0.2, 0.25) is 0 Å². The van der Waals surface area contributed by atoms with Gasteiger partial charge in [0.1, 0.15) is 6.54 Å². The van der Waals surface area contributed by atoms with E-state index in [-0.39, 0.29) is 19.7 Å². The molecule has 2 amide bonds. The van der Waals surface area contributed by atoms with Crippen molar-refractivity contribution in [1.29, 1.82) is 0 Å². The second-order valence-corrected chi connectivity index (χ2v) is 5.11. The van der Waals surface area contributed by atoms with Crippen LogP contribution in [0.3, 0.4) is 0 Å². The first kappa shape index (κ1) is 16.5. The Labute approximate surface area is 125 Å². The topological polar surface area (TPSA) is 78.9 Å². The van der Waals surface area contributed by atoms with Gasteiger partial charge in [0.15, 0.2) is 0 Å². The monoisotopic (exact) mass is 344 g/mol. The van der Waals surface area contributed by atoms with Gasteiger partial charge in [-0.2, -0.15) is 0 Å². The number of benzene rings is 1. The lowest BCUT2D eigenvalue weighted by atomic mass is 10.2. The molecule has 0 spiro atoms. The highest BCUT2D eigenvalue weighted by atomic mass is 79.9. The molecule has 1 aromatic carbocycles. The van der Waals surface area contributed by atoms with E-state index < -0.39 is 12.0 Å². The molecule has 0 fully saturated rings. The number of carbonyl (C=O) groups is 2. The van der Waals surface area contributed by atoms with E-state index in [0.717, 1.165) is 10.0 Å². The van der Waals surface area contributed by atoms with Gasteiger partial charge in [-0.1, -0.05) is 15.9 Å². The van der Waals surface area contributed by atoms with Gasteiger partial charge in [0.25, 0.3) is 0 Å². The van der Waals surface area contributed by atoms with Gasteiger partial charge in [0, 0.05) is 23.8 Å².